The fourth-order valence-corrected chi connectivity index (χ4v) is 6.77. The van der Waals surface area contributed by atoms with Crippen LogP contribution in [0, 0.1) is 18.3 Å². The maximum Gasteiger partial charge on any atom is 0.189 e. The molecule has 0 spiro atoms. The molecule has 46 heavy (non-hydrogen) atoms. The monoisotopic (exact) mass is 642 g/mol. The molecule has 0 unspecified atom stereocenters. The van der Waals surface area contributed by atoms with Gasteiger partial charge in [-0.05, 0) is 67.7 Å². The number of methoxy groups -OCH3 is 4. The Morgan fingerprint density at radius 2 is 1.54 bits per heavy atom. The van der Waals surface area contributed by atoms with Crippen molar-refractivity contribution in [2.45, 2.75) is 64.4 Å². The van der Waals surface area contributed by atoms with Gasteiger partial charge < -0.3 is 47.7 Å². The smallest absolute Gasteiger partial charge is 0.189 e. The largest absolute Gasteiger partial charge is 0.497 e. The van der Waals surface area contributed by atoms with Crippen LogP contribution in [0.3, 0.4) is 0 Å². The van der Waals surface area contributed by atoms with Crippen LogP contribution >= 0.6 is 0 Å². The molecule has 1 N–H and O–H groups in total. The van der Waals surface area contributed by atoms with Crippen LogP contribution in [-0.4, -0.2) is 78.5 Å². The molecule has 0 saturated carbocycles. The lowest BCUT2D eigenvalue weighted by Crippen LogP contribution is -2.64. The van der Waals surface area contributed by atoms with E-state index in [2.05, 4.69) is 19.1 Å². The Kier molecular flexibility index (Phi) is 13.1. The third-order valence-electron chi connectivity index (χ3n) is 9.19. The molecule has 0 aromatic heterocycles. The molecule has 5 atom stereocenters. The Bertz CT molecular complexity index is 1310. The van der Waals surface area contributed by atoms with Crippen molar-refractivity contribution in [3.05, 3.63) is 76.9 Å². The quantitative estimate of drug-likeness (QED) is 0.123. The van der Waals surface area contributed by atoms with Gasteiger partial charge in [-0.3, -0.25) is 0 Å². The zero-order valence-electron chi connectivity index (χ0n) is 28.2. The number of benzene rings is 2. The van der Waals surface area contributed by atoms with E-state index < -0.39 is 17.1 Å². The normalized spacial score (nSPS) is 24.7. The van der Waals surface area contributed by atoms with Crippen molar-refractivity contribution in [1.82, 2.24) is 0 Å². The second-order valence-electron chi connectivity index (χ2n) is 12.1. The van der Waals surface area contributed by atoms with Gasteiger partial charge in [-0.2, -0.15) is 0 Å². The molecular formula is C36H50O10. The zero-order valence-corrected chi connectivity index (χ0v) is 28.2. The topological polar surface area (TPSA) is 103 Å². The average molecular weight is 643 g/mol. The molecule has 0 aliphatic heterocycles. The molecule has 2 aromatic carbocycles. The van der Waals surface area contributed by atoms with Crippen LogP contribution in [-0.2, 0) is 41.4 Å². The Morgan fingerprint density at radius 1 is 0.870 bits per heavy atom. The highest BCUT2D eigenvalue weighted by Crippen LogP contribution is 2.57. The number of allylic oxidation sites excluding steroid dienone is 2. The Labute approximate surface area is 273 Å². The highest BCUT2D eigenvalue weighted by Gasteiger charge is 2.61. The molecule has 4 rings (SSSR count). The van der Waals surface area contributed by atoms with Crippen molar-refractivity contribution in [3.63, 3.8) is 0 Å². The maximum absolute atomic E-state index is 13.0. The lowest BCUT2D eigenvalue weighted by Gasteiger charge is -2.58. The molecule has 2 aliphatic rings. The van der Waals surface area contributed by atoms with Crippen molar-refractivity contribution in [1.29, 1.82) is 0 Å². The highest BCUT2D eigenvalue weighted by atomic mass is 16.7. The summed E-state index contributed by atoms with van der Waals surface area (Å²) in [7, 11) is 6.39. The molecule has 0 fully saturated rings. The van der Waals surface area contributed by atoms with Gasteiger partial charge in [0.15, 0.2) is 13.6 Å². The van der Waals surface area contributed by atoms with Crippen LogP contribution in [0.5, 0.6) is 17.2 Å². The minimum atomic E-state index is -1.39. The molecular weight excluding hydrogens is 592 g/mol. The molecule has 10 heteroatoms. The molecule has 0 saturated heterocycles. The van der Waals surface area contributed by atoms with E-state index in [4.69, 9.17) is 42.6 Å². The highest BCUT2D eigenvalue weighted by molar-refractivity contribution is 5.49. The summed E-state index contributed by atoms with van der Waals surface area (Å²) in [6.07, 6.45) is 6.99. The molecule has 2 aromatic rings. The van der Waals surface area contributed by atoms with Gasteiger partial charge in [0.25, 0.3) is 0 Å². The molecule has 2 aliphatic carbocycles. The SMILES string of the molecule is COCOc1cc(C)cc(OCOCc2ccc(OC)cc2)c1C[C@@H](OCOC)[C@]1(O)C(C)=C[C@@H](OCOC)[C@H]2CC=CC[C@]21C. The van der Waals surface area contributed by atoms with E-state index in [-0.39, 0.29) is 45.6 Å². The minimum absolute atomic E-state index is 0.00208. The van der Waals surface area contributed by atoms with Gasteiger partial charge in [-0.15, -0.1) is 0 Å². The van der Waals surface area contributed by atoms with Gasteiger partial charge in [-0.1, -0.05) is 37.3 Å². The van der Waals surface area contributed by atoms with Gasteiger partial charge in [0.2, 0.25) is 0 Å². The first-order valence-corrected chi connectivity index (χ1v) is 15.6. The first-order chi connectivity index (χ1) is 22.2. The third kappa shape index (κ3) is 7.94. The van der Waals surface area contributed by atoms with Crippen LogP contribution in [0.25, 0.3) is 0 Å². The van der Waals surface area contributed by atoms with Crippen LogP contribution in [0.1, 0.15) is 43.4 Å². The van der Waals surface area contributed by atoms with E-state index in [0.29, 0.717) is 24.5 Å². The lowest BCUT2D eigenvalue weighted by atomic mass is 9.52. The predicted molar refractivity (Wildman–Crippen MR) is 173 cm³/mol. The number of aliphatic hydroxyl groups is 1. The number of hydrogen-bond acceptors (Lipinski definition) is 10. The van der Waals surface area contributed by atoms with Crippen molar-refractivity contribution < 1.29 is 47.7 Å². The molecule has 0 bridgehead atoms. The van der Waals surface area contributed by atoms with Crippen LogP contribution in [0.2, 0.25) is 0 Å². The average Bonchev–Trinajstić information content (AvgIpc) is 3.06. The number of ether oxygens (including phenoxy) is 9. The van der Waals surface area contributed by atoms with Gasteiger partial charge in [0.05, 0.1) is 25.9 Å². The summed E-state index contributed by atoms with van der Waals surface area (Å²) >= 11 is 0. The molecule has 10 nitrogen and oxygen atoms in total. The standard InChI is InChI=1S/C36H50O10/c1-25-16-31(43-21-38-4)29(32(17-25)45-24-42-20-27-11-13-28(41-7)14-12-27)19-34(46-23-40-6)36(37)26(2)18-33(44-22-39-5)30-10-8-9-15-35(30,36)3/h8-9,11-14,16-18,30,33-34,37H,10,15,19-24H2,1-7H3/t30-,33-,34-,35-,36-/m1/s1. The zero-order chi connectivity index (χ0) is 33.2. The lowest BCUT2D eigenvalue weighted by molar-refractivity contribution is -0.216. The van der Waals surface area contributed by atoms with E-state index in [1.54, 1.807) is 28.4 Å². The van der Waals surface area contributed by atoms with E-state index in [1.165, 1.54) is 0 Å². The second-order valence-corrected chi connectivity index (χ2v) is 12.1. The number of hydrogen-bond donors (Lipinski definition) is 1. The van der Waals surface area contributed by atoms with Crippen LogP contribution in [0.4, 0.5) is 0 Å². The Hall–Kier alpha value is -2.96. The first-order valence-electron chi connectivity index (χ1n) is 15.6. The van der Waals surface area contributed by atoms with Crippen molar-refractivity contribution >= 4 is 0 Å². The fourth-order valence-electron chi connectivity index (χ4n) is 6.77. The van der Waals surface area contributed by atoms with Gasteiger partial charge in [-0.25, -0.2) is 0 Å². The second kappa shape index (κ2) is 16.7. The third-order valence-corrected chi connectivity index (χ3v) is 9.19. The Morgan fingerprint density at radius 3 is 2.20 bits per heavy atom. The van der Waals surface area contributed by atoms with Crippen molar-refractivity contribution in [2.24, 2.45) is 11.3 Å². The number of rotatable bonds is 18. The molecule has 0 heterocycles. The van der Waals surface area contributed by atoms with Crippen molar-refractivity contribution in [3.8, 4) is 17.2 Å². The van der Waals surface area contributed by atoms with Gasteiger partial charge >= 0.3 is 0 Å². The van der Waals surface area contributed by atoms with Gasteiger partial charge in [0.1, 0.15) is 36.4 Å². The molecule has 254 valence electrons. The maximum atomic E-state index is 13.0. The minimum Gasteiger partial charge on any atom is -0.497 e. The number of aryl methyl sites for hydroxylation is 1. The van der Waals surface area contributed by atoms with Crippen LogP contribution < -0.4 is 14.2 Å². The summed E-state index contributed by atoms with van der Waals surface area (Å²) in [4.78, 5) is 0. The van der Waals surface area contributed by atoms with E-state index in [9.17, 15) is 5.11 Å². The fraction of sp³-hybridized carbons (Fsp3) is 0.556. The molecule has 0 amide bonds. The van der Waals surface area contributed by atoms with Gasteiger partial charge in [0, 0.05) is 44.6 Å². The van der Waals surface area contributed by atoms with E-state index >= 15 is 0 Å². The van der Waals surface area contributed by atoms with Crippen LogP contribution in [0.15, 0.2) is 60.2 Å². The van der Waals surface area contributed by atoms with E-state index in [0.717, 1.165) is 34.4 Å². The Balaban J connectivity index is 1.68. The summed E-state index contributed by atoms with van der Waals surface area (Å²) in [5.41, 5.74) is 1.40. The summed E-state index contributed by atoms with van der Waals surface area (Å²) in [6, 6.07) is 11.6. The first kappa shape index (κ1) is 35.9. The summed E-state index contributed by atoms with van der Waals surface area (Å²) < 4.78 is 51.9. The number of fused-ring (bicyclic) bond motifs is 1. The van der Waals surface area contributed by atoms with Crippen molar-refractivity contribution in [2.75, 3.05) is 55.6 Å². The van der Waals surface area contributed by atoms with E-state index in [1.807, 2.05) is 56.3 Å². The molecule has 0 radical (unpaired) electrons. The summed E-state index contributed by atoms with van der Waals surface area (Å²) in [5.74, 6) is 1.91. The summed E-state index contributed by atoms with van der Waals surface area (Å²) in [6.45, 7) is 6.58. The predicted octanol–water partition coefficient (Wildman–Crippen LogP) is 5.72. The summed E-state index contributed by atoms with van der Waals surface area (Å²) in [5, 5.41) is 13.0.